The van der Waals surface area contributed by atoms with Crippen molar-refractivity contribution in [2.45, 2.75) is 19.4 Å². The number of benzene rings is 1. The number of anilines is 2. The standard InChI is InChI=1S/C16H16BrN5/c1-2-13(10-3-5-11(17)6-4-10)21-15-12-7-8-14(18)22-16(12)20-9-19-15/h3-9,13H,2H2,1H3,(H3,18,19,20,21,22). The van der Waals surface area contributed by atoms with Gasteiger partial charge in [-0.2, -0.15) is 0 Å². The van der Waals surface area contributed by atoms with Gasteiger partial charge in [0.2, 0.25) is 0 Å². The molecule has 0 aliphatic rings. The van der Waals surface area contributed by atoms with Crippen molar-refractivity contribution in [3.8, 4) is 0 Å². The molecule has 0 spiro atoms. The first-order valence-corrected chi connectivity index (χ1v) is 7.86. The van der Waals surface area contributed by atoms with Gasteiger partial charge in [-0.1, -0.05) is 35.0 Å². The van der Waals surface area contributed by atoms with Crippen molar-refractivity contribution in [3.63, 3.8) is 0 Å². The van der Waals surface area contributed by atoms with Crippen molar-refractivity contribution in [1.82, 2.24) is 15.0 Å². The summed E-state index contributed by atoms with van der Waals surface area (Å²) >= 11 is 3.46. The van der Waals surface area contributed by atoms with Crippen molar-refractivity contribution in [1.29, 1.82) is 0 Å². The molecular weight excluding hydrogens is 342 g/mol. The topological polar surface area (TPSA) is 76.7 Å². The van der Waals surface area contributed by atoms with E-state index in [1.807, 2.05) is 18.2 Å². The molecule has 0 amide bonds. The number of halogens is 1. The molecule has 0 saturated carbocycles. The molecule has 1 aromatic carbocycles. The van der Waals surface area contributed by atoms with Gasteiger partial charge in [0, 0.05) is 4.47 Å². The molecule has 0 fully saturated rings. The Balaban J connectivity index is 1.95. The van der Waals surface area contributed by atoms with Crippen LogP contribution in [0.2, 0.25) is 0 Å². The second kappa shape index (κ2) is 6.27. The SMILES string of the molecule is CCC(Nc1ncnc2nc(N)ccc12)c1ccc(Br)cc1. The molecule has 0 aliphatic carbocycles. The predicted molar refractivity (Wildman–Crippen MR) is 92.5 cm³/mol. The van der Waals surface area contributed by atoms with E-state index >= 15 is 0 Å². The zero-order valence-electron chi connectivity index (χ0n) is 12.1. The molecule has 3 N–H and O–H groups in total. The fourth-order valence-electron chi connectivity index (χ4n) is 2.35. The van der Waals surface area contributed by atoms with E-state index in [0.717, 1.165) is 22.1 Å². The monoisotopic (exact) mass is 357 g/mol. The molecule has 1 atom stereocenters. The van der Waals surface area contributed by atoms with Crippen LogP contribution < -0.4 is 11.1 Å². The molecule has 0 bridgehead atoms. The zero-order chi connectivity index (χ0) is 15.5. The average Bonchev–Trinajstić information content (AvgIpc) is 2.53. The van der Waals surface area contributed by atoms with E-state index in [1.54, 1.807) is 6.07 Å². The maximum absolute atomic E-state index is 5.71. The van der Waals surface area contributed by atoms with Crippen molar-refractivity contribution in [2.75, 3.05) is 11.1 Å². The number of nitrogens with two attached hydrogens (primary N) is 1. The van der Waals surface area contributed by atoms with Gasteiger partial charge in [0.1, 0.15) is 18.0 Å². The van der Waals surface area contributed by atoms with Crippen LogP contribution >= 0.6 is 15.9 Å². The summed E-state index contributed by atoms with van der Waals surface area (Å²) < 4.78 is 1.07. The number of nitrogens with one attached hydrogen (secondary N) is 1. The largest absolute Gasteiger partial charge is 0.384 e. The molecule has 112 valence electrons. The Labute approximate surface area is 137 Å². The fourth-order valence-corrected chi connectivity index (χ4v) is 2.62. The van der Waals surface area contributed by atoms with Crippen LogP contribution in [0.1, 0.15) is 24.9 Å². The fraction of sp³-hybridized carbons (Fsp3) is 0.188. The lowest BCUT2D eigenvalue weighted by Gasteiger charge is -2.19. The third kappa shape index (κ3) is 3.01. The molecule has 2 aromatic heterocycles. The van der Waals surface area contributed by atoms with E-state index in [1.165, 1.54) is 11.9 Å². The predicted octanol–water partition coefficient (Wildman–Crippen LogP) is 3.93. The molecular formula is C16H16BrN5. The Morgan fingerprint density at radius 1 is 1.14 bits per heavy atom. The summed E-state index contributed by atoms with van der Waals surface area (Å²) in [5, 5.41) is 4.35. The summed E-state index contributed by atoms with van der Waals surface area (Å²) in [4.78, 5) is 12.8. The van der Waals surface area contributed by atoms with Crippen molar-refractivity contribution < 1.29 is 0 Å². The van der Waals surface area contributed by atoms with Gasteiger partial charge in [0.15, 0.2) is 5.65 Å². The molecule has 6 heteroatoms. The van der Waals surface area contributed by atoms with Crippen LogP contribution in [0.3, 0.4) is 0 Å². The number of hydrogen-bond donors (Lipinski definition) is 2. The summed E-state index contributed by atoms with van der Waals surface area (Å²) in [6.07, 6.45) is 2.45. The Bertz CT molecular complexity index is 788. The van der Waals surface area contributed by atoms with Crippen LogP contribution in [-0.4, -0.2) is 15.0 Å². The van der Waals surface area contributed by atoms with Crippen molar-refractivity contribution in [2.24, 2.45) is 0 Å². The Hall–Kier alpha value is -2.21. The van der Waals surface area contributed by atoms with Gasteiger partial charge >= 0.3 is 0 Å². The van der Waals surface area contributed by atoms with Gasteiger partial charge in [0.25, 0.3) is 0 Å². The highest BCUT2D eigenvalue weighted by molar-refractivity contribution is 9.10. The average molecular weight is 358 g/mol. The summed E-state index contributed by atoms with van der Waals surface area (Å²) in [7, 11) is 0. The highest BCUT2D eigenvalue weighted by Crippen LogP contribution is 2.26. The van der Waals surface area contributed by atoms with Gasteiger partial charge in [0.05, 0.1) is 11.4 Å². The molecule has 22 heavy (non-hydrogen) atoms. The van der Waals surface area contributed by atoms with Crippen molar-refractivity contribution in [3.05, 3.63) is 52.8 Å². The summed E-state index contributed by atoms with van der Waals surface area (Å²) in [6, 6.07) is 12.1. The van der Waals surface area contributed by atoms with Crippen LogP contribution in [0.25, 0.3) is 11.0 Å². The molecule has 3 rings (SSSR count). The lowest BCUT2D eigenvalue weighted by Crippen LogP contribution is -2.11. The lowest BCUT2D eigenvalue weighted by molar-refractivity contribution is 0.745. The molecule has 0 aliphatic heterocycles. The molecule has 3 aromatic rings. The first-order chi connectivity index (χ1) is 10.7. The molecule has 0 saturated heterocycles. The number of pyridine rings is 1. The highest BCUT2D eigenvalue weighted by Gasteiger charge is 2.12. The number of rotatable bonds is 4. The van der Waals surface area contributed by atoms with Gasteiger partial charge in [-0.15, -0.1) is 0 Å². The minimum Gasteiger partial charge on any atom is -0.384 e. The molecule has 0 radical (unpaired) electrons. The Morgan fingerprint density at radius 2 is 1.91 bits per heavy atom. The van der Waals surface area contributed by atoms with E-state index in [9.17, 15) is 0 Å². The normalized spacial score (nSPS) is 12.3. The number of hydrogen-bond acceptors (Lipinski definition) is 5. The van der Waals surface area contributed by atoms with E-state index < -0.39 is 0 Å². The van der Waals surface area contributed by atoms with Crippen LogP contribution in [0.15, 0.2) is 47.2 Å². The van der Waals surface area contributed by atoms with Gasteiger partial charge in [-0.05, 0) is 36.2 Å². The quantitative estimate of drug-likeness (QED) is 0.739. The van der Waals surface area contributed by atoms with E-state index in [-0.39, 0.29) is 6.04 Å². The summed E-state index contributed by atoms with van der Waals surface area (Å²) in [6.45, 7) is 2.14. The second-order valence-corrected chi connectivity index (χ2v) is 5.90. The number of nitrogen functional groups attached to an aromatic ring is 1. The number of nitrogens with zero attached hydrogens (tertiary/aromatic N) is 3. The van der Waals surface area contributed by atoms with Crippen LogP contribution in [0.5, 0.6) is 0 Å². The minimum atomic E-state index is 0.170. The summed E-state index contributed by atoms with van der Waals surface area (Å²) in [5.74, 6) is 1.23. The third-order valence-electron chi connectivity index (χ3n) is 3.51. The number of aromatic nitrogens is 3. The van der Waals surface area contributed by atoms with Crippen LogP contribution in [-0.2, 0) is 0 Å². The molecule has 1 unspecified atom stereocenters. The molecule has 5 nitrogen and oxygen atoms in total. The second-order valence-electron chi connectivity index (χ2n) is 4.99. The first-order valence-electron chi connectivity index (χ1n) is 7.06. The maximum atomic E-state index is 5.71. The Morgan fingerprint density at radius 3 is 2.64 bits per heavy atom. The zero-order valence-corrected chi connectivity index (χ0v) is 13.7. The minimum absolute atomic E-state index is 0.170. The van der Waals surface area contributed by atoms with Gasteiger partial charge in [-0.25, -0.2) is 15.0 Å². The van der Waals surface area contributed by atoms with E-state index in [2.05, 4.69) is 55.3 Å². The highest BCUT2D eigenvalue weighted by atomic mass is 79.9. The first kappa shape index (κ1) is 14.7. The van der Waals surface area contributed by atoms with Crippen LogP contribution in [0, 0.1) is 0 Å². The lowest BCUT2D eigenvalue weighted by atomic mass is 10.0. The van der Waals surface area contributed by atoms with E-state index in [0.29, 0.717) is 11.5 Å². The van der Waals surface area contributed by atoms with Crippen LogP contribution in [0.4, 0.5) is 11.6 Å². The van der Waals surface area contributed by atoms with Gasteiger partial charge in [-0.3, -0.25) is 0 Å². The smallest absolute Gasteiger partial charge is 0.166 e. The molecule has 2 heterocycles. The third-order valence-corrected chi connectivity index (χ3v) is 4.04. The van der Waals surface area contributed by atoms with Crippen molar-refractivity contribution >= 4 is 38.6 Å². The summed E-state index contributed by atoms with van der Waals surface area (Å²) in [5.41, 5.74) is 7.52. The maximum Gasteiger partial charge on any atom is 0.166 e. The van der Waals surface area contributed by atoms with Gasteiger partial charge < -0.3 is 11.1 Å². The Kier molecular flexibility index (Phi) is 4.20. The van der Waals surface area contributed by atoms with E-state index in [4.69, 9.17) is 5.73 Å². The number of fused-ring (bicyclic) bond motifs is 1.